The monoisotopic (exact) mass is 664 g/mol. The van der Waals surface area contributed by atoms with E-state index in [9.17, 15) is 14.4 Å². The van der Waals surface area contributed by atoms with Crippen LogP contribution in [-0.4, -0.2) is 33.7 Å². The Hall–Kier alpha value is -3.98. The molecule has 0 unspecified atom stereocenters. The number of imidazole rings is 1. The Kier molecular flexibility index (Phi) is 8.28. The number of nitrogens with two attached hydrogens (primary N) is 2. The molecule has 1 heterocycles. The molecule has 4 aliphatic rings. The number of nitrogen functional groups attached to an aromatic ring is 1. The number of hydrogen-bond acceptors (Lipinski definition) is 6. The van der Waals surface area contributed by atoms with E-state index < -0.39 is 16.9 Å². The van der Waals surface area contributed by atoms with E-state index in [0.717, 1.165) is 75.6 Å². The quantitative estimate of drug-likeness (QED) is 0.164. The molecular weight excluding hydrogens is 612 g/mol. The molecule has 7 atom stereocenters. The maximum atomic E-state index is 14.5. The number of aryl methyl sites for hydroxylation is 2. The summed E-state index contributed by atoms with van der Waals surface area (Å²) in [7, 11) is 0. The number of amides is 3. The first kappa shape index (κ1) is 33.5. The first-order chi connectivity index (χ1) is 23.3. The third-order valence-electron chi connectivity index (χ3n) is 13.6. The van der Waals surface area contributed by atoms with Crippen molar-refractivity contribution in [1.82, 2.24) is 15.3 Å². The highest BCUT2D eigenvalue weighted by molar-refractivity contribution is 6.01. The van der Waals surface area contributed by atoms with Gasteiger partial charge in [0.15, 0.2) is 0 Å². The molecule has 0 spiro atoms. The second-order valence-electron chi connectivity index (χ2n) is 16.5. The lowest BCUT2D eigenvalue weighted by molar-refractivity contribution is -0.150. The standard InChI is InChI=1S/C40H52N6O3/c1-37-15-5-17-39(3,32(37)13-9-24-7-11-26(41)19-29(24)37)35(48)46-36(49)40(4)18-6-16-38(2)30-20-27(12-8-25(30)10-14-33(38)40)45-34(47)31(42)21-28-22-43-23-44-28/h7-8,11-12,19-20,22-23,31-33H,5-6,9-10,13-18,21,41-42H2,1-4H3,(H,43,44)(H,45,47)(H,46,48,49)/t31-,32+,33+,37+,38+,39-,40-/m0/s1. The van der Waals surface area contributed by atoms with E-state index in [1.54, 1.807) is 12.5 Å². The van der Waals surface area contributed by atoms with Gasteiger partial charge in [0.1, 0.15) is 0 Å². The number of carbonyl (C=O) groups excluding carboxylic acids is 3. The van der Waals surface area contributed by atoms with Crippen molar-refractivity contribution in [1.29, 1.82) is 0 Å². The van der Waals surface area contributed by atoms with Gasteiger partial charge in [-0.05, 0) is 121 Å². The van der Waals surface area contributed by atoms with E-state index in [4.69, 9.17) is 11.5 Å². The van der Waals surface area contributed by atoms with Crippen molar-refractivity contribution in [3.05, 3.63) is 76.9 Å². The van der Waals surface area contributed by atoms with E-state index in [1.165, 1.54) is 22.3 Å². The largest absolute Gasteiger partial charge is 0.399 e. The van der Waals surface area contributed by atoms with E-state index in [1.807, 2.05) is 12.1 Å². The summed E-state index contributed by atoms with van der Waals surface area (Å²) in [5, 5.41) is 6.08. The fourth-order valence-electron chi connectivity index (χ4n) is 10.9. The Bertz CT molecular complexity index is 1790. The summed E-state index contributed by atoms with van der Waals surface area (Å²) < 4.78 is 0. The van der Waals surface area contributed by atoms with Crippen LogP contribution >= 0.6 is 0 Å². The normalized spacial score (nSPS) is 32.4. The molecule has 3 amide bonds. The second-order valence-corrected chi connectivity index (χ2v) is 16.5. The minimum Gasteiger partial charge on any atom is -0.399 e. The maximum absolute atomic E-state index is 14.5. The Balaban J connectivity index is 1.10. The number of fused-ring (bicyclic) bond motifs is 6. The van der Waals surface area contributed by atoms with Gasteiger partial charge in [0.05, 0.1) is 23.2 Å². The van der Waals surface area contributed by atoms with Crippen LogP contribution in [-0.2, 0) is 44.5 Å². The minimum atomic E-state index is -0.718. The summed E-state index contributed by atoms with van der Waals surface area (Å²) in [5.41, 5.74) is 18.0. The number of carbonyl (C=O) groups is 3. The number of aromatic amines is 1. The van der Waals surface area contributed by atoms with Crippen LogP contribution in [0.1, 0.15) is 107 Å². The van der Waals surface area contributed by atoms with Gasteiger partial charge in [-0.3, -0.25) is 19.7 Å². The van der Waals surface area contributed by atoms with Crippen LogP contribution < -0.4 is 22.1 Å². The fourth-order valence-corrected chi connectivity index (χ4v) is 10.9. The van der Waals surface area contributed by atoms with Crippen molar-refractivity contribution in [2.24, 2.45) is 28.4 Å². The number of nitrogens with one attached hydrogen (secondary N) is 3. The molecule has 49 heavy (non-hydrogen) atoms. The van der Waals surface area contributed by atoms with Crippen molar-refractivity contribution in [2.75, 3.05) is 11.1 Å². The fraction of sp³-hybridized carbons (Fsp3) is 0.550. The first-order valence-corrected chi connectivity index (χ1v) is 18.2. The van der Waals surface area contributed by atoms with Crippen LogP contribution in [0.3, 0.4) is 0 Å². The van der Waals surface area contributed by atoms with Crippen molar-refractivity contribution in [2.45, 2.75) is 115 Å². The number of hydrogen-bond donors (Lipinski definition) is 5. The molecule has 1 aromatic heterocycles. The zero-order chi connectivity index (χ0) is 34.8. The van der Waals surface area contributed by atoms with Gasteiger partial charge < -0.3 is 21.8 Å². The zero-order valence-electron chi connectivity index (χ0n) is 29.5. The molecule has 260 valence electrons. The lowest BCUT2D eigenvalue weighted by Gasteiger charge is -2.56. The third-order valence-corrected chi connectivity index (χ3v) is 13.6. The molecule has 2 saturated carbocycles. The SMILES string of the molecule is C[C@]1(C(=O)NC(=O)[C@@]2(C)CCC[C@]3(C)c4cc(NC(=O)[C@@H](N)Cc5cnc[nH]5)ccc4CC[C@@H]23)CCC[C@]2(C)c3cc(N)ccc3CC[C@@H]12. The van der Waals surface area contributed by atoms with Crippen LogP contribution in [0.15, 0.2) is 48.9 Å². The van der Waals surface area contributed by atoms with E-state index >= 15 is 0 Å². The van der Waals surface area contributed by atoms with Crippen molar-refractivity contribution >= 4 is 29.1 Å². The number of H-pyrrole nitrogens is 1. The summed E-state index contributed by atoms with van der Waals surface area (Å²) in [6, 6.07) is 11.7. The lowest BCUT2D eigenvalue weighted by Crippen LogP contribution is -2.60. The van der Waals surface area contributed by atoms with Crippen molar-refractivity contribution < 1.29 is 14.4 Å². The van der Waals surface area contributed by atoms with E-state index in [0.29, 0.717) is 12.1 Å². The van der Waals surface area contributed by atoms with Gasteiger partial charge in [-0.2, -0.15) is 0 Å². The molecule has 7 N–H and O–H groups in total. The van der Waals surface area contributed by atoms with Crippen LogP contribution in [0.4, 0.5) is 11.4 Å². The number of aromatic nitrogens is 2. The highest BCUT2D eigenvalue weighted by Crippen LogP contribution is 2.59. The molecule has 2 fully saturated rings. The van der Waals surface area contributed by atoms with Gasteiger partial charge in [-0.1, -0.05) is 52.7 Å². The molecule has 0 radical (unpaired) electrons. The first-order valence-electron chi connectivity index (χ1n) is 18.2. The molecule has 7 rings (SSSR count). The predicted octanol–water partition coefficient (Wildman–Crippen LogP) is 5.86. The summed E-state index contributed by atoms with van der Waals surface area (Å²) in [4.78, 5) is 49.0. The predicted molar refractivity (Wildman–Crippen MR) is 192 cm³/mol. The van der Waals surface area contributed by atoms with E-state index in [-0.39, 0.29) is 40.4 Å². The number of nitrogens with zero attached hydrogens (tertiary/aromatic N) is 1. The number of imide groups is 1. The average molecular weight is 665 g/mol. The van der Waals surface area contributed by atoms with Crippen molar-refractivity contribution in [3.8, 4) is 0 Å². The molecule has 3 aromatic rings. The van der Waals surface area contributed by atoms with Crippen LogP contribution in [0.25, 0.3) is 0 Å². The van der Waals surface area contributed by atoms with Gasteiger partial charge >= 0.3 is 0 Å². The highest BCUT2D eigenvalue weighted by Gasteiger charge is 2.58. The Morgan fingerprint density at radius 1 is 0.857 bits per heavy atom. The Morgan fingerprint density at radius 3 is 2.00 bits per heavy atom. The molecule has 9 nitrogen and oxygen atoms in total. The maximum Gasteiger partial charge on any atom is 0.241 e. The number of benzene rings is 2. The molecular formula is C40H52N6O3. The van der Waals surface area contributed by atoms with Gasteiger partial charge in [0.25, 0.3) is 0 Å². The smallest absolute Gasteiger partial charge is 0.241 e. The van der Waals surface area contributed by atoms with Crippen LogP contribution in [0.5, 0.6) is 0 Å². The summed E-state index contributed by atoms with van der Waals surface area (Å²) >= 11 is 0. The third kappa shape index (κ3) is 5.49. The average Bonchev–Trinajstić information content (AvgIpc) is 3.58. The molecule has 0 saturated heterocycles. The zero-order valence-corrected chi connectivity index (χ0v) is 29.5. The summed E-state index contributed by atoms with van der Waals surface area (Å²) in [5.74, 6) is -0.336. The topological polar surface area (TPSA) is 156 Å². The van der Waals surface area contributed by atoms with E-state index in [2.05, 4.69) is 72.6 Å². The molecule has 9 heteroatoms. The molecule has 2 aromatic carbocycles. The summed E-state index contributed by atoms with van der Waals surface area (Å²) in [6.45, 7) is 8.75. The lowest BCUT2D eigenvalue weighted by atomic mass is 9.49. The Labute approximate surface area is 289 Å². The Morgan fingerprint density at radius 2 is 1.43 bits per heavy atom. The summed E-state index contributed by atoms with van der Waals surface area (Å²) in [6.07, 6.45) is 12.5. The number of anilines is 2. The molecule has 4 aliphatic carbocycles. The van der Waals surface area contributed by atoms with Gasteiger partial charge in [-0.25, -0.2) is 4.98 Å². The number of rotatable bonds is 6. The van der Waals surface area contributed by atoms with Crippen LogP contribution in [0.2, 0.25) is 0 Å². The van der Waals surface area contributed by atoms with Crippen LogP contribution in [0, 0.1) is 22.7 Å². The molecule has 0 bridgehead atoms. The van der Waals surface area contributed by atoms with Gasteiger partial charge in [0.2, 0.25) is 17.7 Å². The van der Waals surface area contributed by atoms with Gasteiger partial charge in [-0.15, -0.1) is 0 Å². The minimum absolute atomic E-state index is 0.0524. The highest BCUT2D eigenvalue weighted by atomic mass is 16.2. The molecule has 0 aliphatic heterocycles. The van der Waals surface area contributed by atoms with Gasteiger partial charge in [0, 0.05) is 29.7 Å². The van der Waals surface area contributed by atoms with Crippen molar-refractivity contribution in [3.63, 3.8) is 0 Å². The second kappa shape index (κ2) is 12.1.